The van der Waals surface area contributed by atoms with Gasteiger partial charge in [-0.15, -0.1) is 0 Å². The van der Waals surface area contributed by atoms with Crippen molar-refractivity contribution in [1.29, 1.82) is 0 Å². The molecule has 0 aliphatic heterocycles. The molecule has 2 aromatic rings. The Labute approximate surface area is 112 Å². The highest BCUT2D eigenvalue weighted by Crippen LogP contribution is 2.33. The molecular formula is C13H11F3N2O2. The van der Waals surface area contributed by atoms with Gasteiger partial charge in [-0.05, 0) is 23.8 Å². The van der Waals surface area contributed by atoms with Gasteiger partial charge in [0, 0.05) is 6.07 Å². The van der Waals surface area contributed by atoms with Gasteiger partial charge in [0.15, 0.2) is 0 Å². The van der Waals surface area contributed by atoms with Crippen LogP contribution in [0.4, 0.5) is 19.0 Å². The Bertz CT molecular complexity index is 615. The number of halogens is 3. The highest BCUT2D eigenvalue weighted by Gasteiger charge is 2.31. The third-order valence-corrected chi connectivity index (χ3v) is 2.45. The van der Waals surface area contributed by atoms with Crippen molar-refractivity contribution in [2.24, 2.45) is 0 Å². The first-order chi connectivity index (χ1) is 9.38. The summed E-state index contributed by atoms with van der Waals surface area (Å²) in [5, 5.41) is 8.98. The fraction of sp³-hybridized carbons (Fsp3) is 0.154. The van der Waals surface area contributed by atoms with Crippen molar-refractivity contribution in [2.45, 2.75) is 12.8 Å². The fourth-order valence-electron chi connectivity index (χ4n) is 1.57. The van der Waals surface area contributed by atoms with Gasteiger partial charge in [0.1, 0.15) is 11.6 Å². The van der Waals surface area contributed by atoms with E-state index < -0.39 is 11.7 Å². The van der Waals surface area contributed by atoms with E-state index in [9.17, 15) is 13.2 Å². The third kappa shape index (κ3) is 3.39. The normalized spacial score (nSPS) is 11.4. The predicted molar refractivity (Wildman–Crippen MR) is 66.1 cm³/mol. The van der Waals surface area contributed by atoms with Crippen LogP contribution in [0.1, 0.15) is 11.1 Å². The molecule has 0 saturated heterocycles. The average Bonchev–Trinajstić information content (AvgIpc) is 2.37. The Hall–Kier alpha value is -2.28. The summed E-state index contributed by atoms with van der Waals surface area (Å²) in [6.07, 6.45) is -4.53. The molecule has 0 amide bonds. The molecule has 1 heterocycles. The molecule has 4 nitrogen and oxygen atoms in total. The molecule has 0 unspecified atom stereocenters. The van der Waals surface area contributed by atoms with Crippen LogP contribution < -0.4 is 10.5 Å². The third-order valence-electron chi connectivity index (χ3n) is 2.45. The number of nitrogens with zero attached hydrogens (tertiary/aromatic N) is 1. The van der Waals surface area contributed by atoms with Gasteiger partial charge in [-0.3, -0.25) is 0 Å². The van der Waals surface area contributed by atoms with E-state index in [2.05, 4.69) is 4.98 Å². The van der Waals surface area contributed by atoms with Gasteiger partial charge in [-0.25, -0.2) is 0 Å². The lowest BCUT2D eigenvalue weighted by Crippen LogP contribution is -2.07. The van der Waals surface area contributed by atoms with E-state index in [1.54, 1.807) is 12.1 Å². The van der Waals surface area contributed by atoms with Crippen LogP contribution >= 0.6 is 0 Å². The van der Waals surface area contributed by atoms with Crippen LogP contribution in [0.25, 0.3) is 0 Å². The second-order valence-corrected chi connectivity index (χ2v) is 4.02. The van der Waals surface area contributed by atoms with E-state index in [1.807, 2.05) is 0 Å². The number of pyridine rings is 1. The lowest BCUT2D eigenvalue weighted by Gasteiger charge is -2.11. The zero-order chi connectivity index (χ0) is 14.8. The standard InChI is InChI=1S/C13H11F3N2O2/c14-13(15,16)9-5-11(17)18-12(6-9)20-10-3-1-2-8(4-10)7-19/h1-6,19H,7H2,(H2,17,18). The highest BCUT2D eigenvalue weighted by atomic mass is 19.4. The number of aromatic nitrogens is 1. The first-order valence-electron chi connectivity index (χ1n) is 5.61. The number of ether oxygens (including phenoxy) is 1. The number of alkyl halides is 3. The van der Waals surface area contributed by atoms with Gasteiger partial charge in [-0.2, -0.15) is 18.2 Å². The maximum atomic E-state index is 12.6. The van der Waals surface area contributed by atoms with Crippen molar-refractivity contribution >= 4 is 5.82 Å². The van der Waals surface area contributed by atoms with Crippen LogP contribution in [0, 0.1) is 0 Å². The van der Waals surface area contributed by atoms with Gasteiger partial charge < -0.3 is 15.6 Å². The number of aliphatic hydroxyl groups is 1. The quantitative estimate of drug-likeness (QED) is 0.909. The van der Waals surface area contributed by atoms with Crippen molar-refractivity contribution in [3.8, 4) is 11.6 Å². The minimum atomic E-state index is -4.53. The molecule has 1 aromatic carbocycles. The van der Waals surface area contributed by atoms with Crippen LogP contribution in [0.2, 0.25) is 0 Å². The molecule has 20 heavy (non-hydrogen) atoms. The largest absolute Gasteiger partial charge is 0.439 e. The summed E-state index contributed by atoms with van der Waals surface area (Å²) in [6, 6.07) is 7.80. The lowest BCUT2D eigenvalue weighted by molar-refractivity contribution is -0.137. The molecule has 0 fully saturated rings. The molecule has 7 heteroatoms. The summed E-state index contributed by atoms with van der Waals surface area (Å²) in [5.74, 6) is -0.275. The van der Waals surface area contributed by atoms with Crippen LogP contribution in [-0.2, 0) is 12.8 Å². The van der Waals surface area contributed by atoms with Crippen LogP contribution in [0.15, 0.2) is 36.4 Å². The van der Waals surface area contributed by atoms with Gasteiger partial charge in [0.05, 0.1) is 12.2 Å². The van der Waals surface area contributed by atoms with E-state index in [0.717, 1.165) is 12.1 Å². The number of rotatable bonds is 3. The highest BCUT2D eigenvalue weighted by molar-refractivity contribution is 5.40. The Kier molecular flexibility index (Phi) is 3.80. The molecule has 0 aliphatic rings. The number of nitrogen functional groups attached to an aromatic ring is 1. The molecule has 0 atom stereocenters. The number of nitrogens with two attached hydrogens (primary N) is 1. The maximum absolute atomic E-state index is 12.6. The summed E-state index contributed by atoms with van der Waals surface area (Å²) >= 11 is 0. The molecule has 106 valence electrons. The van der Waals surface area contributed by atoms with Gasteiger partial charge in [0.2, 0.25) is 5.88 Å². The first-order valence-corrected chi connectivity index (χ1v) is 5.61. The zero-order valence-corrected chi connectivity index (χ0v) is 10.2. The summed E-state index contributed by atoms with van der Waals surface area (Å²) in [6.45, 7) is -0.199. The first kappa shape index (κ1) is 14.1. The second-order valence-electron chi connectivity index (χ2n) is 4.02. The molecule has 0 saturated carbocycles. The van der Waals surface area contributed by atoms with Crippen molar-refractivity contribution in [3.05, 3.63) is 47.5 Å². The van der Waals surface area contributed by atoms with Crippen LogP contribution in [0.5, 0.6) is 11.6 Å². The van der Waals surface area contributed by atoms with E-state index in [1.165, 1.54) is 12.1 Å². The predicted octanol–water partition coefficient (Wildman–Crippen LogP) is 2.97. The molecule has 0 aliphatic carbocycles. The molecule has 0 spiro atoms. The van der Waals surface area contributed by atoms with E-state index in [4.69, 9.17) is 15.6 Å². The summed E-state index contributed by atoms with van der Waals surface area (Å²) in [7, 11) is 0. The summed E-state index contributed by atoms with van der Waals surface area (Å²) in [5.41, 5.74) is 4.97. The Morgan fingerprint density at radius 2 is 1.95 bits per heavy atom. The summed E-state index contributed by atoms with van der Waals surface area (Å²) < 4.78 is 43.1. The number of aliphatic hydroxyl groups excluding tert-OH is 1. The smallest absolute Gasteiger partial charge is 0.416 e. The van der Waals surface area contributed by atoms with E-state index in [0.29, 0.717) is 5.56 Å². The van der Waals surface area contributed by atoms with Gasteiger partial charge in [-0.1, -0.05) is 12.1 Å². The maximum Gasteiger partial charge on any atom is 0.416 e. The molecule has 0 bridgehead atoms. The van der Waals surface area contributed by atoms with E-state index >= 15 is 0 Å². The van der Waals surface area contributed by atoms with Crippen molar-refractivity contribution in [1.82, 2.24) is 4.98 Å². The Morgan fingerprint density at radius 3 is 2.60 bits per heavy atom. The average molecular weight is 284 g/mol. The number of benzene rings is 1. The number of hydrogen-bond donors (Lipinski definition) is 2. The second kappa shape index (κ2) is 5.38. The fourth-order valence-corrected chi connectivity index (χ4v) is 1.57. The molecule has 0 radical (unpaired) electrons. The SMILES string of the molecule is Nc1cc(C(F)(F)F)cc(Oc2cccc(CO)c2)n1. The summed E-state index contributed by atoms with van der Waals surface area (Å²) in [4.78, 5) is 3.69. The molecule has 2 rings (SSSR count). The molecule has 3 N–H and O–H groups in total. The Morgan fingerprint density at radius 1 is 1.20 bits per heavy atom. The number of anilines is 1. The molecule has 1 aromatic heterocycles. The molecular weight excluding hydrogens is 273 g/mol. The van der Waals surface area contributed by atoms with Crippen molar-refractivity contribution in [2.75, 3.05) is 5.73 Å². The van der Waals surface area contributed by atoms with Crippen molar-refractivity contribution in [3.63, 3.8) is 0 Å². The lowest BCUT2D eigenvalue weighted by atomic mass is 10.2. The van der Waals surface area contributed by atoms with Crippen molar-refractivity contribution < 1.29 is 23.0 Å². The topological polar surface area (TPSA) is 68.4 Å². The van der Waals surface area contributed by atoms with Crippen LogP contribution in [-0.4, -0.2) is 10.1 Å². The van der Waals surface area contributed by atoms with Crippen LogP contribution in [0.3, 0.4) is 0 Å². The van der Waals surface area contributed by atoms with Gasteiger partial charge in [0.25, 0.3) is 0 Å². The minimum Gasteiger partial charge on any atom is -0.439 e. The Balaban J connectivity index is 2.31. The minimum absolute atomic E-state index is 0.199. The van der Waals surface area contributed by atoms with Gasteiger partial charge >= 0.3 is 6.18 Å². The monoisotopic (exact) mass is 284 g/mol. The zero-order valence-electron chi connectivity index (χ0n) is 10.2. The number of hydrogen-bond acceptors (Lipinski definition) is 4. The van der Waals surface area contributed by atoms with E-state index in [-0.39, 0.29) is 24.1 Å².